The number of aromatic nitrogens is 1. The molecule has 0 aliphatic rings. The van der Waals surface area contributed by atoms with E-state index in [4.69, 9.17) is 27.9 Å². The van der Waals surface area contributed by atoms with Crippen molar-refractivity contribution in [3.63, 3.8) is 0 Å². The molecule has 0 fully saturated rings. The van der Waals surface area contributed by atoms with Gasteiger partial charge in [-0.1, -0.05) is 23.2 Å². The van der Waals surface area contributed by atoms with Gasteiger partial charge in [0.25, 0.3) is 5.91 Å². The lowest BCUT2D eigenvalue weighted by Gasteiger charge is -2.10. The predicted molar refractivity (Wildman–Crippen MR) is 105 cm³/mol. The molecule has 0 bridgehead atoms. The maximum absolute atomic E-state index is 12.4. The van der Waals surface area contributed by atoms with Crippen molar-refractivity contribution in [1.82, 2.24) is 4.98 Å². The highest BCUT2D eigenvalue weighted by Crippen LogP contribution is 2.27. The molecule has 2 N–H and O–H groups in total. The van der Waals surface area contributed by atoms with Crippen LogP contribution in [0, 0.1) is 0 Å². The van der Waals surface area contributed by atoms with Crippen LogP contribution in [0.15, 0.2) is 60.9 Å². The van der Waals surface area contributed by atoms with Crippen LogP contribution < -0.4 is 15.4 Å². The highest BCUT2D eigenvalue weighted by atomic mass is 35.5. The highest BCUT2D eigenvalue weighted by Gasteiger charge is 2.08. The molecule has 1 aromatic heterocycles. The normalized spacial score (nSPS) is 10.3. The Morgan fingerprint density at radius 1 is 0.923 bits per heavy atom. The van der Waals surface area contributed by atoms with Gasteiger partial charge in [0.1, 0.15) is 5.75 Å². The molecule has 0 radical (unpaired) electrons. The van der Waals surface area contributed by atoms with Gasteiger partial charge in [0, 0.05) is 17.6 Å². The Bertz CT molecular complexity index is 930. The zero-order chi connectivity index (χ0) is 18.5. The van der Waals surface area contributed by atoms with Gasteiger partial charge in [-0.15, -0.1) is 0 Å². The van der Waals surface area contributed by atoms with Gasteiger partial charge in [0.05, 0.1) is 34.6 Å². The van der Waals surface area contributed by atoms with E-state index in [9.17, 15) is 4.79 Å². The number of nitrogens with one attached hydrogen (secondary N) is 2. The molecule has 132 valence electrons. The number of benzene rings is 2. The van der Waals surface area contributed by atoms with Crippen molar-refractivity contribution in [2.75, 3.05) is 17.7 Å². The molecule has 7 heteroatoms. The Morgan fingerprint density at radius 2 is 1.65 bits per heavy atom. The van der Waals surface area contributed by atoms with Crippen molar-refractivity contribution in [2.24, 2.45) is 0 Å². The second kappa shape index (κ2) is 8.08. The Kier molecular flexibility index (Phi) is 5.61. The fourth-order valence-corrected chi connectivity index (χ4v) is 2.55. The quantitative estimate of drug-likeness (QED) is 0.615. The molecule has 26 heavy (non-hydrogen) atoms. The summed E-state index contributed by atoms with van der Waals surface area (Å²) >= 11 is 11.9. The minimum atomic E-state index is -0.263. The number of amides is 1. The van der Waals surface area contributed by atoms with E-state index in [2.05, 4.69) is 15.6 Å². The first-order valence-electron chi connectivity index (χ1n) is 7.67. The van der Waals surface area contributed by atoms with Gasteiger partial charge in [0.15, 0.2) is 0 Å². The van der Waals surface area contributed by atoms with Crippen molar-refractivity contribution >= 4 is 46.2 Å². The van der Waals surface area contributed by atoms with Crippen LogP contribution in [-0.2, 0) is 0 Å². The molecular weight excluding hydrogens is 373 g/mol. The summed E-state index contributed by atoms with van der Waals surface area (Å²) in [5, 5.41) is 6.88. The number of hydrogen-bond acceptors (Lipinski definition) is 4. The van der Waals surface area contributed by atoms with Crippen molar-refractivity contribution in [2.45, 2.75) is 0 Å². The predicted octanol–water partition coefficient (Wildman–Crippen LogP) is 5.39. The highest BCUT2D eigenvalue weighted by molar-refractivity contribution is 6.42. The largest absolute Gasteiger partial charge is 0.497 e. The lowest BCUT2D eigenvalue weighted by atomic mass is 10.2. The number of ether oxygens (including phenoxy) is 1. The summed E-state index contributed by atoms with van der Waals surface area (Å²) in [6.07, 6.45) is 3.12. The molecule has 1 heterocycles. The van der Waals surface area contributed by atoms with Gasteiger partial charge in [-0.3, -0.25) is 9.78 Å². The summed E-state index contributed by atoms with van der Waals surface area (Å²) in [6, 6.07) is 14.0. The number of nitrogens with zero attached hydrogens (tertiary/aromatic N) is 1. The molecule has 0 spiro atoms. The van der Waals surface area contributed by atoms with E-state index >= 15 is 0 Å². The maximum Gasteiger partial charge on any atom is 0.257 e. The number of hydrogen-bond donors (Lipinski definition) is 2. The van der Waals surface area contributed by atoms with E-state index in [1.54, 1.807) is 61.8 Å². The van der Waals surface area contributed by atoms with Gasteiger partial charge < -0.3 is 15.4 Å². The third kappa shape index (κ3) is 4.45. The van der Waals surface area contributed by atoms with Crippen LogP contribution in [0.5, 0.6) is 5.75 Å². The van der Waals surface area contributed by atoms with E-state index in [0.717, 1.165) is 11.4 Å². The molecule has 2 aromatic carbocycles. The van der Waals surface area contributed by atoms with Gasteiger partial charge in [0.2, 0.25) is 0 Å². The van der Waals surface area contributed by atoms with Crippen molar-refractivity contribution in [1.29, 1.82) is 0 Å². The standard InChI is InChI=1S/C19H15Cl2N3O2/c1-26-16-5-2-13(3-6-16)24-19(25)12-8-15(11-22-10-12)23-14-4-7-17(20)18(21)9-14/h2-11,23H,1H3,(H,24,25). The number of anilines is 3. The van der Waals surface area contributed by atoms with E-state index in [1.165, 1.54) is 6.20 Å². The first kappa shape index (κ1) is 18.0. The molecule has 3 aromatic rings. The van der Waals surface area contributed by atoms with Gasteiger partial charge in [-0.05, 0) is 48.5 Å². The molecule has 0 aliphatic heterocycles. The topological polar surface area (TPSA) is 63.2 Å². The summed E-state index contributed by atoms with van der Waals surface area (Å²) in [7, 11) is 1.59. The van der Waals surface area contributed by atoms with Crippen LogP contribution in [0.3, 0.4) is 0 Å². The fourth-order valence-electron chi connectivity index (χ4n) is 2.25. The summed E-state index contributed by atoms with van der Waals surface area (Å²) in [4.78, 5) is 16.5. The fraction of sp³-hybridized carbons (Fsp3) is 0.0526. The molecule has 0 saturated heterocycles. The molecule has 1 amide bonds. The molecule has 0 atom stereocenters. The minimum Gasteiger partial charge on any atom is -0.497 e. The van der Waals surface area contributed by atoms with E-state index < -0.39 is 0 Å². The molecule has 0 aliphatic carbocycles. The zero-order valence-electron chi connectivity index (χ0n) is 13.8. The van der Waals surface area contributed by atoms with Crippen LogP contribution in [0.1, 0.15) is 10.4 Å². The Morgan fingerprint density at radius 3 is 2.35 bits per heavy atom. The smallest absolute Gasteiger partial charge is 0.257 e. The van der Waals surface area contributed by atoms with Crippen molar-refractivity contribution < 1.29 is 9.53 Å². The summed E-state index contributed by atoms with van der Waals surface area (Å²) in [5.74, 6) is 0.456. The lowest BCUT2D eigenvalue weighted by Crippen LogP contribution is -2.12. The summed E-state index contributed by atoms with van der Waals surface area (Å²) < 4.78 is 5.10. The molecule has 0 saturated carbocycles. The lowest BCUT2D eigenvalue weighted by molar-refractivity contribution is 0.102. The first-order valence-corrected chi connectivity index (χ1v) is 8.43. The van der Waals surface area contributed by atoms with Gasteiger partial charge in [-0.2, -0.15) is 0 Å². The Hall–Kier alpha value is -2.76. The third-order valence-corrected chi connectivity index (χ3v) is 4.30. The second-order valence-electron chi connectivity index (χ2n) is 5.40. The Balaban J connectivity index is 1.73. The van der Waals surface area contributed by atoms with Crippen LogP contribution >= 0.6 is 23.2 Å². The van der Waals surface area contributed by atoms with E-state index in [0.29, 0.717) is 27.0 Å². The SMILES string of the molecule is COc1ccc(NC(=O)c2cncc(Nc3ccc(Cl)c(Cl)c3)c2)cc1. The van der Waals surface area contributed by atoms with Gasteiger partial charge in [-0.25, -0.2) is 0 Å². The van der Waals surface area contributed by atoms with E-state index in [1.807, 2.05) is 0 Å². The van der Waals surface area contributed by atoms with Crippen LogP contribution in [-0.4, -0.2) is 18.0 Å². The average molecular weight is 388 g/mol. The number of rotatable bonds is 5. The van der Waals surface area contributed by atoms with E-state index in [-0.39, 0.29) is 5.91 Å². The molecular formula is C19H15Cl2N3O2. The summed E-state index contributed by atoms with van der Waals surface area (Å²) in [6.45, 7) is 0. The molecule has 0 unspecified atom stereocenters. The number of carbonyl (C=O) groups excluding carboxylic acids is 1. The Labute approximate surface area is 160 Å². The molecule has 5 nitrogen and oxygen atoms in total. The van der Waals surface area contributed by atoms with Gasteiger partial charge >= 0.3 is 0 Å². The van der Waals surface area contributed by atoms with Crippen molar-refractivity contribution in [3.05, 3.63) is 76.5 Å². The zero-order valence-corrected chi connectivity index (χ0v) is 15.3. The van der Waals surface area contributed by atoms with Crippen LogP contribution in [0.2, 0.25) is 10.0 Å². The second-order valence-corrected chi connectivity index (χ2v) is 6.21. The number of carbonyl (C=O) groups is 1. The maximum atomic E-state index is 12.4. The molecule has 3 rings (SSSR count). The monoisotopic (exact) mass is 387 g/mol. The minimum absolute atomic E-state index is 0.263. The van der Waals surface area contributed by atoms with Crippen molar-refractivity contribution in [3.8, 4) is 5.75 Å². The van der Waals surface area contributed by atoms with Crippen LogP contribution in [0.25, 0.3) is 0 Å². The van der Waals surface area contributed by atoms with Crippen LogP contribution in [0.4, 0.5) is 17.1 Å². The summed E-state index contributed by atoms with van der Waals surface area (Å²) in [5.41, 5.74) is 2.49. The number of pyridine rings is 1. The third-order valence-electron chi connectivity index (χ3n) is 3.56. The first-order chi connectivity index (χ1) is 12.5. The average Bonchev–Trinajstić information content (AvgIpc) is 2.65. The number of methoxy groups -OCH3 is 1. The number of halogens is 2.